The molecule has 1 heterocycles. The standard InChI is InChI=1S/C21H19ClN2O5S/c1-28-16-6-2-14(3-7-16)12-18-20(26)24(21(27)30-18)11-10-23-19(25)13-29-17-8-4-15(22)5-9-17/h2-9,12H,10-11,13H2,1H3,(H,23,25). The number of nitrogens with zero attached hydrogens (tertiary/aromatic N) is 1. The number of hydrogen-bond donors (Lipinski definition) is 1. The monoisotopic (exact) mass is 446 g/mol. The van der Waals surface area contributed by atoms with Crippen LogP contribution in [0.15, 0.2) is 53.4 Å². The van der Waals surface area contributed by atoms with Crippen molar-refractivity contribution >= 4 is 46.5 Å². The Labute approximate surface area is 183 Å². The zero-order chi connectivity index (χ0) is 21.5. The molecule has 1 N–H and O–H groups in total. The number of carbonyl (C=O) groups is 3. The molecule has 1 aliphatic rings. The molecule has 9 heteroatoms. The van der Waals surface area contributed by atoms with E-state index in [0.717, 1.165) is 22.2 Å². The minimum absolute atomic E-state index is 0.0807. The molecule has 0 spiro atoms. The number of halogens is 1. The van der Waals surface area contributed by atoms with E-state index in [2.05, 4.69) is 5.32 Å². The molecular formula is C21H19ClN2O5S. The molecule has 0 aliphatic carbocycles. The summed E-state index contributed by atoms with van der Waals surface area (Å²) in [6.45, 7) is 0.0366. The molecule has 1 aliphatic heterocycles. The molecule has 7 nitrogen and oxygen atoms in total. The van der Waals surface area contributed by atoms with Crippen LogP contribution in [0.25, 0.3) is 6.08 Å². The van der Waals surface area contributed by atoms with E-state index in [9.17, 15) is 14.4 Å². The Hall–Kier alpha value is -2.97. The van der Waals surface area contributed by atoms with Crippen LogP contribution in [0, 0.1) is 0 Å². The number of amides is 3. The van der Waals surface area contributed by atoms with Crippen molar-refractivity contribution in [3.63, 3.8) is 0 Å². The van der Waals surface area contributed by atoms with Crippen molar-refractivity contribution in [1.29, 1.82) is 0 Å². The topological polar surface area (TPSA) is 84.9 Å². The first-order valence-electron chi connectivity index (χ1n) is 9.01. The maximum atomic E-state index is 12.5. The number of hydrogen-bond acceptors (Lipinski definition) is 6. The van der Waals surface area contributed by atoms with Crippen LogP contribution in [0.4, 0.5) is 4.79 Å². The van der Waals surface area contributed by atoms with Crippen LogP contribution >= 0.6 is 23.4 Å². The van der Waals surface area contributed by atoms with Crippen molar-refractivity contribution in [2.45, 2.75) is 0 Å². The van der Waals surface area contributed by atoms with Crippen molar-refractivity contribution in [2.24, 2.45) is 0 Å². The Bertz CT molecular complexity index is 960. The average molecular weight is 447 g/mol. The van der Waals surface area contributed by atoms with E-state index in [1.165, 1.54) is 0 Å². The van der Waals surface area contributed by atoms with Gasteiger partial charge in [-0.15, -0.1) is 0 Å². The Morgan fingerprint density at radius 1 is 1.10 bits per heavy atom. The Kier molecular flexibility index (Phi) is 7.37. The molecule has 1 fully saturated rings. The molecule has 0 aromatic heterocycles. The van der Waals surface area contributed by atoms with Crippen LogP contribution in [0.3, 0.4) is 0 Å². The summed E-state index contributed by atoms with van der Waals surface area (Å²) in [6.07, 6.45) is 1.66. The van der Waals surface area contributed by atoms with Crippen LogP contribution in [0.2, 0.25) is 5.02 Å². The van der Waals surface area contributed by atoms with Crippen molar-refractivity contribution in [2.75, 3.05) is 26.8 Å². The highest BCUT2D eigenvalue weighted by Gasteiger charge is 2.34. The third-order valence-electron chi connectivity index (χ3n) is 4.13. The summed E-state index contributed by atoms with van der Waals surface area (Å²) in [6, 6.07) is 13.8. The van der Waals surface area contributed by atoms with E-state index < -0.39 is 0 Å². The van der Waals surface area contributed by atoms with E-state index in [0.29, 0.717) is 21.4 Å². The molecule has 2 aromatic rings. The van der Waals surface area contributed by atoms with Crippen LogP contribution in [0.1, 0.15) is 5.56 Å². The van der Waals surface area contributed by atoms with Gasteiger partial charge in [0.05, 0.1) is 12.0 Å². The molecule has 0 unspecified atom stereocenters. The second-order valence-electron chi connectivity index (χ2n) is 6.20. The van der Waals surface area contributed by atoms with Gasteiger partial charge in [0.2, 0.25) is 0 Å². The second kappa shape index (κ2) is 10.2. The number of ether oxygens (including phenoxy) is 2. The fraction of sp³-hybridized carbons (Fsp3) is 0.190. The van der Waals surface area contributed by atoms with Gasteiger partial charge in [0, 0.05) is 18.1 Å². The van der Waals surface area contributed by atoms with Gasteiger partial charge in [-0.1, -0.05) is 23.7 Å². The maximum Gasteiger partial charge on any atom is 0.293 e. The summed E-state index contributed by atoms with van der Waals surface area (Å²) in [5.41, 5.74) is 0.786. The van der Waals surface area contributed by atoms with Gasteiger partial charge >= 0.3 is 0 Å². The molecule has 30 heavy (non-hydrogen) atoms. The normalized spacial score (nSPS) is 14.9. The van der Waals surface area contributed by atoms with Crippen molar-refractivity contribution in [3.8, 4) is 11.5 Å². The summed E-state index contributed by atoms with van der Waals surface area (Å²) in [4.78, 5) is 38.0. The van der Waals surface area contributed by atoms with Gasteiger partial charge in [-0.3, -0.25) is 19.3 Å². The molecule has 3 rings (SSSR count). The maximum absolute atomic E-state index is 12.5. The Morgan fingerprint density at radius 2 is 1.77 bits per heavy atom. The van der Waals surface area contributed by atoms with E-state index >= 15 is 0 Å². The van der Waals surface area contributed by atoms with Crippen LogP contribution < -0.4 is 14.8 Å². The lowest BCUT2D eigenvalue weighted by Gasteiger charge is -2.13. The lowest BCUT2D eigenvalue weighted by molar-refractivity contribution is -0.125. The minimum Gasteiger partial charge on any atom is -0.497 e. The van der Waals surface area contributed by atoms with Gasteiger partial charge in [0.25, 0.3) is 17.1 Å². The summed E-state index contributed by atoms with van der Waals surface area (Å²) < 4.78 is 10.4. The predicted octanol–water partition coefficient (Wildman–Crippen LogP) is 3.58. The summed E-state index contributed by atoms with van der Waals surface area (Å²) in [7, 11) is 1.57. The largest absolute Gasteiger partial charge is 0.497 e. The zero-order valence-electron chi connectivity index (χ0n) is 16.1. The molecule has 0 saturated carbocycles. The number of imide groups is 1. The van der Waals surface area contributed by atoms with Gasteiger partial charge in [0.1, 0.15) is 11.5 Å². The molecular weight excluding hydrogens is 428 g/mol. The molecule has 3 amide bonds. The number of thioether (sulfide) groups is 1. The van der Waals surface area contributed by atoms with Crippen molar-refractivity contribution in [1.82, 2.24) is 10.2 Å². The highest BCUT2D eigenvalue weighted by Crippen LogP contribution is 2.32. The molecule has 0 atom stereocenters. The lowest BCUT2D eigenvalue weighted by Crippen LogP contribution is -2.38. The third kappa shape index (κ3) is 5.77. The number of benzene rings is 2. The highest BCUT2D eigenvalue weighted by atomic mass is 35.5. The van der Waals surface area contributed by atoms with E-state index in [1.54, 1.807) is 61.7 Å². The van der Waals surface area contributed by atoms with Crippen LogP contribution in [-0.2, 0) is 9.59 Å². The van der Waals surface area contributed by atoms with Gasteiger partial charge in [-0.2, -0.15) is 0 Å². The molecule has 156 valence electrons. The van der Waals surface area contributed by atoms with E-state index in [1.807, 2.05) is 0 Å². The molecule has 2 aromatic carbocycles. The predicted molar refractivity (Wildman–Crippen MR) is 116 cm³/mol. The Balaban J connectivity index is 1.47. The fourth-order valence-corrected chi connectivity index (χ4v) is 3.57. The first kappa shape index (κ1) is 21.7. The smallest absolute Gasteiger partial charge is 0.293 e. The SMILES string of the molecule is COc1ccc(C=C2SC(=O)N(CCNC(=O)COc3ccc(Cl)cc3)C2=O)cc1. The lowest BCUT2D eigenvalue weighted by atomic mass is 10.2. The minimum atomic E-state index is -0.382. The summed E-state index contributed by atoms with van der Waals surface area (Å²) in [5.74, 6) is 0.485. The first-order valence-corrected chi connectivity index (χ1v) is 10.2. The molecule has 1 saturated heterocycles. The van der Waals surface area contributed by atoms with E-state index in [-0.39, 0.29) is 36.7 Å². The number of rotatable bonds is 8. The van der Waals surface area contributed by atoms with Gasteiger partial charge in [0.15, 0.2) is 6.61 Å². The van der Waals surface area contributed by atoms with Gasteiger partial charge in [-0.05, 0) is 59.8 Å². The zero-order valence-corrected chi connectivity index (χ0v) is 17.7. The van der Waals surface area contributed by atoms with Crippen LogP contribution in [-0.4, -0.2) is 48.8 Å². The van der Waals surface area contributed by atoms with Crippen molar-refractivity contribution in [3.05, 3.63) is 64.0 Å². The summed E-state index contributed by atoms with van der Waals surface area (Å²) >= 11 is 6.66. The first-order chi connectivity index (χ1) is 14.5. The third-order valence-corrected chi connectivity index (χ3v) is 5.29. The van der Waals surface area contributed by atoms with Gasteiger partial charge in [-0.25, -0.2) is 0 Å². The van der Waals surface area contributed by atoms with E-state index in [4.69, 9.17) is 21.1 Å². The average Bonchev–Trinajstić information content (AvgIpc) is 3.01. The number of methoxy groups -OCH3 is 1. The Morgan fingerprint density at radius 3 is 2.43 bits per heavy atom. The van der Waals surface area contributed by atoms with Gasteiger partial charge < -0.3 is 14.8 Å². The molecule has 0 radical (unpaired) electrons. The highest BCUT2D eigenvalue weighted by molar-refractivity contribution is 8.18. The quantitative estimate of drug-likeness (QED) is 0.624. The molecule has 0 bridgehead atoms. The van der Waals surface area contributed by atoms with Crippen LogP contribution in [0.5, 0.6) is 11.5 Å². The number of nitrogens with one attached hydrogen (secondary N) is 1. The number of carbonyl (C=O) groups excluding carboxylic acids is 3. The fourth-order valence-electron chi connectivity index (χ4n) is 2.58. The summed E-state index contributed by atoms with van der Waals surface area (Å²) in [5, 5.41) is 2.84. The van der Waals surface area contributed by atoms with Crippen molar-refractivity contribution < 1.29 is 23.9 Å². The second-order valence-corrected chi connectivity index (χ2v) is 7.63.